The van der Waals surface area contributed by atoms with Gasteiger partial charge in [-0.05, 0) is 43.9 Å². The number of nitrogens with zero attached hydrogens (tertiary/aromatic N) is 2. The molecule has 1 unspecified atom stereocenters. The molecule has 0 spiro atoms. The molecule has 0 aliphatic rings. The highest BCUT2D eigenvalue weighted by Crippen LogP contribution is 2.28. The van der Waals surface area contributed by atoms with E-state index in [4.69, 9.17) is 10.5 Å². The summed E-state index contributed by atoms with van der Waals surface area (Å²) in [6.45, 7) is 12.5. The Labute approximate surface area is 155 Å². The second-order valence-electron chi connectivity index (χ2n) is 7.32. The number of hydrogen-bond acceptors (Lipinski definition) is 5. The molecule has 26 heavy (non-hydrogen) atoms. The first-order valence-electron chi connectivity index (χ1n) is 8.83. The van der Waals surface area contributed by atoms with E-state index in [9.17, 15) is 4.79 Å². The van der Waals surface area contributed by atoms with Gasteiger partial charge in [-0.1, -0.05) is 32.9 Å². The second-order valence-corrected chi connectivity index (χ2v) is 7.32. The average Bonchev–Trinajstić information content (AvgIpc) is 2.53. The SMILES string of the molecule is CCNC(=O)c1c(C)nc(N)nc1C(C)Oc1ccc(C(C)(C)C)cc1. The van der Waals surface area contributed by atoms with Crippen LogP contribution in [-0.2, 0) is 5.41 Å². The lowest BCUT2D eigenvalue weighted by molar-refractivity contribution is 0.0949. The van der Waals surface area contributed by atoms with Crippen molar-refractivity contribution in [2.45, 2.75) is 53.1 Å². The third-order valence-corrected chi connectivity index (χ3v) is 4.12. The summed E-state index contributed by atoms with van der Waals surface area (Å²) >= 11 is 0. The van der Waals surface area contributed by atoms with Gasteiger partial charge < -0.3 is 15.8 Å². The molecule has 0 aliphatic carbocycles. The topological polar surface area (TPSA) is 90.1 Å². The lowest BCUT2D eigenvalue weighted by Gasteiger charge is -2.21. The van der Waals surface area contributed by atoms with E-state index >= 15 is 0 Å². The van der Waals surface area contributed by atoms with Gasteiger partial charge in [0.1, 0.15) is 11.9 Å². The summed E-state index contributed by atoms with van der Waals surface area (Å²) in [5, 5.41) is 2.79. The van der Waals surface area contributed by atoms with E-state index in [1.54, 1.807) is 6.92 Å². The lowest BCUT2D eigenvalue weighted by atomic mass is 9.87. The molecule has 1 aromatic carbocycles. The van der Waals surface area contributed by atoms with Crippen LogP contribution >= 0.6 is 0 Å². The molecular weight excluding hydrogens is 328 g/mol. The number of aromatic nitrogens is 2. The van der Waals surface area contributed by atoms with Crippen molar-refractivity contribution in [3.63, 3.8) is 0 Å². The molecule has 0 bridgehead atoms. The van der Waals surface area contributed by atoms with E-state index in [0.29, 0.717) is 29.2 Å². The predicted octanol–water partition coefficient (Wildman–Crippen LogP) is 3.55. The number of nitrogens with one attached hydrogen (secondary N) is 1. The van der Waals surface area contributed by atoms with Crippen LogP contribution in [0.4, 0.5) is 5.95 Å². The van der Waals surface area contributed by atoms with E-state index in [1.807, 2.05) is 38.1 Å². The van der Waals surface area contributed by atoms with Crippen LogP contribution in [0.2, 0.25) is 0 Å². The monoisotopic (exact) mass is 356 g/mol. The number of benzene rings is 1. The molecule has 6 heteroatoms. The summed E-state index contributed by atoms with van der Waals surface area (Å²) in [5.41, 5.74) is 8.54. The smallest absolute Gasteiger partial charge is 0.255 e. The molecule has 3 N–H and O–H groups in total. The van der Waals surface area contributed by atoms with Crippen molar-refractivity contribution in [1.82, 2.24) is 15.3 Å². The molecule has 2 aromatic rings. The molecule has 0 aliphatic heterocycles. The molecule has 0 fully saturated rings. The zero-order valence-electron chi connectivity index (χ0n) is 16.4. The van der Waals surface area contributed by atoms with Gasteiger partial charge in [0.25, 0.3) is 5.91 Å². The van der Waals surface area contributed by atoms with Gasteiger partial charge in [-0.3, -0.25) is 4.79 Å². The highest BCUT2D eigenvalue weighted by atomic mass is 16.5. The minimum absolute atomic E-state index is 0.0772. The fourth-order valence-corrected chi connectivity index (χ4v) is 2.73. The van der Waals surface area contributed by atoms with Crippen LogP contribution in [0.1, 0.15) is 68.0 Å². The van der Waals surface area contributed by atoms with Gasteiger partial charge >= 0.3 is 0 Å². The molecule has 1 aromatic heterocycles. The van der Waals surface area contributed by atoms with Crippen LogP contribution < -0.4 is 15.8 Å². The van der Waals surface area contributed by atoms with Gasteiger partial charge in [0.15, 0.2) is 0 Å². The van der Waals surface area contributed by atoms with Gasteiger partial charge in [0.2, 0.25) is 5.95 Å². The molecule has 1 atom stereocenters. The molecule has 0 saturated carbocycles. The second kappa shape index (κ2) is 7.72. The van der Waals surface area contributed by atoms with Gasteiger partial charge in [-0.2, -0.15) is 0 Å². The van der Waals surface area contributed by atoms with Crippen LogP contribution in [0.3, 0.4) is 0 Å². The molecular formula is C20H28N4O2. The molecule has 0 radical (unpaired) electrons. The zero-order chi connectivity index (χ0) is 19.5. The maximum Gasteiger partial charge on any atom is 0.255 e. The van der Waals surface area contributed by atoms with Crippen molar-refractivity contribution in [2.75, 3.05) is 12.3 Å². The van der Waals surface area contributed by atoms with Crippen molar-refractivity contribution < 1.29 is 9.53 Å². The molecule has 1 amide bonds. The molecule has 6 nitrogen and oxygen atoms in total. The molecule has 2 rings (SSSR count). The molecule has 0 saturated heterocycles. The summed E-state index contributed by atoms with van der Waals surface area (Å²) < 4.78 is 6.02. The number of anilines is 1. The third-order valence-electron chi connectivity index (χ3n) is 4.12. The van der Waals surface area contributed by atoms with Crippen molar-refractivity contribution in [3.05, 3.63) is 46.8 Å². The van der Waals surface area contributed by atoms with E-state index in [2.05, 4.69) is 36.1 Å². The Balaban J connectivity index is 2.31. The van der Waals surface area contributed by atoms with Crippen molar-refractivity contribution in [2.24, 2.45) is 0 Å². The lowest BCUT2D eigenvalue weighted by Crippen LogP contribution is -2.27. The molecule has 1 heterocycles. The number of amides is 1. The number of aryl methyl sites for hydroxylation is 1. The van der Waals surface area contributed by atoms with Crippen molar-refractivity contribution in [1.29, 1.82) is 0 Å². The fourth-order valence-electron chi connectivity index (χ4n) is 2.73. The highest BCUT2D eigenvalue weighted by Gasteiger charge is 2.23. The Morgan fingerprint density at radius 2 is 1.85 bits per heavy atom. The fraction of sp³-hybridized carbons (Fsp3) is 0.450. The highest BCUT2D eigenvalue weighted by molar-refractivity contribution is 5.96. The summed E-state index contributed by atoms with van der Waals surface area (Å²) in [7, 11) is 0. The van der Waals surface area contributed by atoms with Crippen LogP contribution in [0.15, 0.2) is 24.3 Å². The summed E-state index contributed by atoms with van der Waals surface area (Å²) in [6.07, 6.45) is -0.447. The van der Waals surface area contributed by atoms with E-state index in [1.165, 1.54) is 5.56 Å². The third kappa shape index (κ3) is 4.50. The summed E-state index contributed by atoms with van der Waals surface area (Å²) in [4.78, 5) is 20.8. The maximum atomic E-state index is 12.4. The van der Waals surface area contributed by atoms with Gasteiger partial charge in [-0.15, -0.1) is 0 Å². The van der Waals surface area contributed by atoms with Gasteiger partial charge in [0, 0.05) is 6.54 Å². The number of hydrogen-bond donors (Lipinski definition) is 2. The van der Waals surface area contributed by atoms with Crippen molar-refractivity contribution >= 4 is 11.9 Å². The number of ether oxygens (including phenoxy) is 1. The number of nitrogen functional groups attached to an aromatic ring is 1. The normalized spacial score (nSPS) is 12.5. The first kappa shape index (κ1) is 19.7. The zero-order valence-corrected chi connectivity index (χ0v) is 16.4. The van der Waals surface area contributed by atoms with Crippen LogP contribution in [0.5, 0.6) is 5.75 Å². The first-order valence-corrected chi connectivity index (χ1v) is 8.83. The van der Waals surface area contributed by atoms with E-state index in [-0.39, 0.29) is 17.3 Å². The number of rotatable bonds is 5. The summed E-state index contributed by atoms with van der Waals surface area (Å²) in [5.74, 6) is 0.616. The van der Waals surface area contributed by atoms with Crippen LogP contribution in [0, 0.1) is 6.92 Å². The Bertz CT molecular complexity index is 780. The minimum Gasteiger partial charge on any atom is -0.484 e. The average molecular weight is 356 g/mol. The van der Waals surface area contributed by atoms with Gasteiger partial charge in [0.05, 0.1) is 17.0 Å². The Morgan fingerprint density at radius 3 is 2.38 bits per heavy atom. The van der Waals surface area contributed by atoms with Crippen molar-refractivity contribution in [3.8, 4) is 5.75 Å². The van der Waals surface area contributed by atoms with E-state index < -0.39 is 6.10 Å². The Kier molecular flexibility index (Phi) is 5.85. The predicted molar refractivity (Wildman–Crippen MR) is 103 cm³/mol. The van der Waals surface area contributed by atoms with Crippen LogP contribution in [-0.4, -0.2) is 22.4 Å². The number of nitrogens with two attached hydrogens (primary N) is 1. The Hall–Kier alpha value is -2.63. The maximum absolute atomic E-state index is 12.4. The number of carbonyl (C=O) groups is 1. The number of carbonyl (C=O) groups excluding carboxylic acids is 1. The molecule has 140 valence electrons. The van der Waals surface area contributed by atoms with E-state index in [0.717, 1.165) is 0 Å². The van der Waals surface area contributed by atoms with Gasteiger partial charge in [-0.25, -0.2) is 9.97 Å². The minimum atomic E-state index is -0.447. The Morgan fingerprint density at radius 1 is 1.23 bits per heavy atom. The largest absolute Gasteiger partial charge is 0.484 e. The van der Waals surface area contributed by atoms with Crippen LogP contribution in [0.25, 0.3) is 0 Å². The standard InChI is InChI=1S/C20H28N4O2/c1-7-22-18(25)16-12(2)23-19(21)24-17(16)13(3)26-15-10-8-14(9-11-15)20(4,5)6/h8-11,13H,7H2,1-6H3,(H,22,25)(H2,21,23,24). The summed E-state index contributed by atoms with van der Waals surface area (Å²) in [6, 6.07) is 7.96. The first-order chi connectivity index (χ1) is 12.1. The quantitative estimate of drug-likeness (QED) is 0.855.